The van der Waals surface area contributed by atoms with Gasteiger partial charge in [0.25, 0.3) is 6.47 Å². The fourth-order valence-corrected chi connectivity index (χ4v) is 3.12. The van der Waals surface area contributed by atoms with Crippen LogP contribution in [-0.4, -0.2) is 23.2 Å². The maximum absolute atomic E-state index is 10.5. The lowest BCUT2D eigenvalue weighted by atomic mass is 9.95. The number of thiazole rings is 1. The van der Waals surface area contributed by atoms with E-state index in [1.165, 1.54) is 11.3 Å². The van der Waals surface area contributed by atoms with E-state index in [0.29, 0.717) is 6.47 Å². The quantitative estimate of drug-likeness (QED) is 0.734. The van der Waals surface area contributed by atoms with Gasteiger partial charge in [0.05, 0.1) is 11.4 Å². The number of rotatable bonds is 5. The number of hydrogen-bond donors (Lipinski definition) is 1. The van der Waals surface area contributed by atoms with Crippen LogP contribution in [0.4, 0.5) is 0 Å². The average Bonchev–Trinajstić information content (AvgIpc) is 3.02. The Morgan fingerprint density at radius 3 is 2.95 bits per heavy atom. The number of aromatic nitrogens is 1. The monoisotopic (exact) mass is 299 g/mol. The van der Waals surface area contributed by atoms with E-state index >= 15 is 0 Å². The molecule has 0 spiro atoms. The molecule has 3 rings (SSSR count). The summed E-state index contributed by atoms with van der Waals surface area (Å²) in [6.07, 6.45) is 1.76. The van der Waals surface area contributed by atoms with Gasteiger partial charge in [0.15, 0.2) is 0 Å². The number of carbonyl (C=O) groups is 1. The van der Waals surface area contributed by atoms with Crippen molar-refractivity contribution in [3.05, 3.63) is 58.5 Å². The summed E-state index contributed by atoms with van der Waals surface area (Å²) in [6, 6.07) is 11.4. The molecule has 0 saturated heterocycles. The van der Waals surface area contributed by atoms with E-state index in [4.69, 9.17) is 4.74 Å². The molecule has 0 bridgehead atoms. The van der Waals surface area contributed by atoms with Crippen LogP contribution in [0, 0.1) is 0 Å². The SMILES string of the molecule is O=COCC(c1cc(O)c2ccccc2c1)c1cncs1. The number of aromatic hydroxyl groups is 1. The molecule has 4 nitrogen and oxygen atoms in total. The molecule has 1 atom stereocenters. The van der Waals surface area contributed by atoms with E-state index in [9.17, 15) is 9.90 Å². The van der Waals surface area contributed by atoms with Gasteiger partial charge < -0.3 is 9.84 Å². The number of hydrogen-bond acceptors (Lipinski definition) is 5. The van der Waals surface area contributed by atoms with Crippen LogP contribution in [0.5, 0.6) is 5.75 Å². The predicted molar refractivity (Wildman–Crippen MR) is 81.6 cm³/mol. The molecule has 3 aromatic rings. The molecule has 1 aromatic heterocycles. The first-order valence-electron chi connectivity index (χ1n) is 6.45. The molecular formula is C16H13NO3S. The molecule has 21 heavy (non-hydrogen) atoms. The summed E-state index contributed by atoms with van der Waals surface area (Å²) in [5, 5.41) is 12.0. The lowest BCUT2D eigenvalue weighted by molar-refractivity contribution is -0.128. The summed E-state index contributed by atoms with van der Waals surface area (Å²) < 4.78 is 4.94. The summed E-state index contributed by atoms with van der Waals surface area (Å²) in [5.74, 6) is 0.0990. The smallest absolute Gasteiger partial charge is 0.293 e. The van der Waals surface area contributed by atoms with Crippen molar-refractivity contribution in [1.29, 1.82) is 0 Å². The van der Waals surface area contributed by atoms with Gasteiger partial charge in [-0.1, -0.05) is 30.3 Å². The number of nitrogens with zero attached hydrogens (tertiary/aromatic N) is 1. The highest BCUT2D eigenvalue weighted by Gasteiger charge is 2.18. The van der Waals surface area contributed by atoms with Crippen molar-refractivity contribution in [3.8, 4) is 5.75 Å². The van der Waals surface area contributed by atoms with Gasteiger partial charge in [-0.15, -0.1) is 11.3 Å². The van der Waals surface area contributed by atoms with Gasteiger partial charge in [-0.3, -0.25) is 9.78 Å². The third kappa shape index (κ3) is 2.73. The van der Waals surface area contributed by atoms with E-state index in [1.807, 2.05) is 30.3 Å². The molecule has 1 N–H and O–H groups in total. The first-order chi connectivity index (χ1) is 10.3. The fraction of sp³-hybridized carbons (Fsp3) is 0.125. The summed E-state index contributed by atoms with van der Waals surface area (Å²) in [5.41, 5.74) is 2.64. The third-order valence-corrected chi connectivity index (χ3v) is 4.28. The molecule has 5 heteroatoms. The molecule has 0 aliphatic rings. The molecule has 1 heterocycles. The maximum Gasteiger partial charge on any atom is 0.293 e. The maximum atomic E-state index is 10.5. The second-order valence-corrected chi connectivity index (χ2v) is 5.57. The van der Waals surface area contributed by atoms with E-state index in [0.717, 1.165) is 21.2 Å². The Balaban J connectivity index is 2.08. The highest BCUT2D eigenvalue weighted by atomic mass is 32.1. The van der Waals surface area contributed by atoms with Crippen LogP contribution < -0.4 is 0 Å². The van der Waals surface area contributed by atoms with Gasteiger partial charge in [-0.2, -0.15) is 0 Å². The Hall–Kier alpha value is -2.40. The van der Waals surface area contributed by atoms with Gasteiger partial charge in [0, 0.05) is 16.5 Å². The zero-order valence-electron chi connectivity index (χ0n) is 11.1. The van der Waals surface area contributed by atoms with Crippen molar-refractivity contribution >= 4 is 28.6 Å². The Morgan fingerprint density at radius 1 is 1.33 bits per heavy atom. The minimum absolute atomic E-state index is 0.127. The molecule has 0 aliphatic heterocycles. The molecule has 2 aromatic carbocycles. The second-order valence-electron chi connectivity index (χ2n) is 4.65. The molecule has 0 radical (unpaired) electrons. The number of carbonyl (C=O) groups excluding carboxylic acids is 1. The summed E-state index contributed by atoms with van der Waals surface area (Å²) in [4.78, 5) is 15.6. The Labute approximate surface area is 125 Å². The van der Waals surface area contributed by atoms with E-state index in [2.05, 4.69) is 4.98 Å². The van der Waals surface area contributed by atoms with Crippen LogP contribution in [0.3, 0.4) is 0 Å². The molecular weight excluding hydrogens is 286 g/mol. The third-order valence-electron chi connectivity index (χ3n) is 3.39. The van der Waals surface area contributed by atoms with E-state index < -0.39 is 0 Å². The molecule has 106 valence electrons. The van der Waals surface area contributed by atoms with Gasteiger partial charge in [-0.05, 0) is 17.0 Å². The van der Waals surface area contributed by atoms with Crippen LogP contribution in [0.2, 0.25) is 0 Å². The Bertz CT molecular complexity index is 755. The molecule has 0 fully saturated rings. The van der Waals surface area contributed by atoms with Crippen molar-refractivity contribution in [2.45, 2.75) is 5.92 Å². The van der Waals surface area contributed by atoms with E-state index in [-0.39, 0.29) is 18.3 Å². The highest BCUT2D eigenvalue weighted by molar-refractivity contribution is 7.09. The zero-order chi connectivity index (χ0) is 14.7. The zero-order valence-corrected chi connectivity index (χ0v) is 11.9. The molecule has 1 unspecified atom stereocenters. The second kappa shape index (κ2) is 5.93. The van der Waals surface area contributed by atoms with E-state index in [1.54, 1.807) is 17.8 Å². The standard InChI is InChI=1S/C16H13NO3S/c18-10-20-8-14(16-7-17-9-21-16)12-5-11-3-1-2-4-13(11)15(19)6-12/h1-7,9-10,14,19H,8H2. The molecule has 0 saturated carbocycles. The van der Waals surface area contributed by atoms with Crippen molar-refractivity contribution in [1.82, 2.24) is 4.98 Å². The number of fused-ring (bicyclic) bond motifs is 1. The minimum atomic E-state index is -0.127. The lowest BCUT2D eigenvalue weighted by Crippen LogP contribution is -2.07. The van der Waals surface area contributed by atoms with Crippen molar-refractivity contribution in [2.75, 3.05) is 6.61 Å². The van der Waals surface area contributed by atoms with Gasteiger partial charge in [0.1, 0.15) is 12.4 Å². The normalized spacial score (nSPS) is 12.2. The van der Waals surface area contributed by atoms with Crippen LogP contribution in [0.15, 0.2) is 48.1 Å². The minimum Gasteiger partial charge on any atom is -0.507 e. The lowest BCUT2D eigenvalue weighted by Gasteiger charge is -2.16. The molecule has 0 aliphatic carbocycles. The summed E-state index contributed by atoms with van der Waals surface area (Å²) in [7, 11) is 0. The van der Waals surface area contributed by atoms with Crippen molar-refractivity contribution < 1.29 is 14.6 Å². The largest absolute Gasteiger partial charge is 0.507 e. The first-order valence-corrected chi connectivity index (χ1v) is 7.33. The highest BCUT2D eigenvalue weighted by Crippen LogP contribution is 2.34. The van der Waals surface area contributed by atoms with Crippen LogP contribution >= 0.6 is 11.3 Å². The average molecular weight is 299 g/mol. The van der Waals surface area contributed by atoms with Crippen LogP contribution in [-0.2, 0) is 9.53 Å². The number of benzene rings is 2. The Morgan fingerprint density at radius 2 is 2.19 bits per heavy atom. The number of ether oxygens (including phenoxy) is 1. The number of phenolic OH excluding ortho intramolecular Hbond substituents is 1. The van der Waals surface area contributed by atoms with Crippen LogP contribution in [0.25, 0.3) is 10.8 Å². The topological polar surface area (TPSA) is 59.4 Å². The van der Waals surface area contributed by atoms with Crippen LogP contribution in [0.1, 0.15) is 16.4 Å². The van der Waals surface area contributed by atoms with Gasteiger partial charge in [-0.25, -0.2) is 0 Å². The fourth-order valence-electron chi connectivity index (χ4n) is 2.39. The summed E-state index contributed by atoms with van der Waals surface area (Å²) >= 11 is 1.50. The molecule has 0 amide bonds. The predicted octanol–water partition coefficient (Wildman–Crippen LogP) is 3.31. The van der Waals surface area contributed by atoms with Crippen molar-refractivity contribution in [3.63, 3.8) is 0 Å². The van der Waals surface area contributed by atoms with Gasteiger partial charge >= 0.3 is 0 Å². The van der Waals surface area contributed by atoms with Crippen molar-refractivity contribution in [2.24, 2.45) is 0 Å². The number of phenols is 1. The summed E-state index contributed by atoms with van der Waals surface area (Å²) in [6.45, 7) is 0.665. The first kappa shape index (κ1) is 13.6. The Kier molecular flexibility index (Phi) is 3.83. The van der Waals surface area contributed by atoms with Gasteiger partial charge in [0.2, 0.25) is 0 Å².